The predicted molar refractivity (Wildman–Crippen MR) is 42.9 cm³/mol. The van der Waals surface area contributed by atoms with Crippen molar-refractivity contribution in [3.63, 3.8) is 0 Å². The largest absolute Gasteiger partial charge is 0.466 e. The summed E-state index contributed by atoms with van der Waals surface area (Å²) < 4.78 is 4.71. The summed E-state index contributed by atoms with van der Waals surface area (Å²) in [7, 11) is 0. The van der Waals surface area contributed by atoms with Gasteiger partial charge in [0.05, 0.1) is 6.61 Å². The molecule has 11 heavy (non-hydrogen) atoms. The number of hydrogen-bond acceptors (Lipinski definition) is 2. The van der Waals surface area contributed by atoms with Crippen LogP contribution in [0.15, 0.2) is 0 Å². The van der Waals surface area contributed by atoms with Crippen molar-refractivity contribution in [2.75, 3.05) is 6.61 Å². The van der Waals surface area contributed by atoms with E-state index in [2.05, 4.69) is 6.92 Å². The van der Waals surface area contributed by atoms with Gasteiger partial charge in [-0.1, -0.05) is 19.3 Å². The van der Waals surface area contributed by atoms with Gasteiger partial charge in [-0.25, -0.2) is 0 Å². The Morgan fingerprint density at radius 1 is 1.55 bits per heavy atom. The topological polar surface area (TPSA) is 26.3 Å². The van der Waals surface area contributed by atoms with Crippen LogP contribution in [0.25, 0.3) is 0 Å². The molecule has 1 aliphatic rings. The highest BCUT2D eigenvalue weighted by atomic mass is 16.5. The van der Waals surface area contributed by atoms with Crippen LogP contribution in [0.4, 0.5) is 0 Å². The van der Waals surface area contributed by atoms with Gasteiger partial charge in [0.15, 0.2) is 0 Å². The third-order valence-corrected chi connectivity index (χ3v) is 2.24. The number of rotatable bonds is 4. The fourth-order valence-electron chi connectivity index (χ4n) is 1.29. The quantitative estimate of drug-likeness (QED) is 0.580. The van der Waals surface area contributed by atoms with Gasteiger partial charge in [0.1, 0.15) is 0 Å². The summed E-state index contributed by atoms with van der Waals surface area (Å²) in [5.74, 6) is 0.708. The van der Waals surface area contributed by atoms with Crippen LogP contribution in [0.3, 0.4) is 0 Å². The Kier molecular flexibility index (Phi) is 3.40. The number of hydrogen-bond donors (Lipinski definition) is 0. The first-order chi connectivity index (χ1) is 5.33. The monoisotopic (exact) mass is 155 g/mol. The molecule has 0 aromatic heterocycles. The molecule has 1 aliphatic carbocycles. The first kappa shape index (κ1) is 8.57. The van der Waals surface area contributed by atoms with E-state index in [9.17, 15) is 4.79 Å². The smallest absolute Gasteiger partial charge is 0.305 e. The first-order valence-corrected chi connectivity index (χ1v) is 4.28. The molecule has 1 saturated carbocycles. The highest BCUT2D eigenvalue weighted by Gasteiger charge is 2.18. The van der Waals surface area contributed by atoms with Crippen molar-refractivity contribution in [2.24, 2.45) is 5.92 Å². The summed E-state index contributed by atoms with van der Waals surface area (Å²) in [6, 6.07) is 0. The van der Waals surface area contributed by atoms with Crippen LogP contribution in [0, 0.1) is 12.8 Å². The Balaban J connectivity index is 1.96. The van der Waals surface area contributed by atoms with Gasteiger partial charge in [-0.05, 0) is 19.3 Å². The molecule has 0 N–H and O–H groups in total. The molecule has 2 heteroatoms. The third kappa shape index (κ3) is 2.91. The van der Waals surface area contributed by atoms with Gasteiger partial charge in [0.2, 0.25) is 0 Å². The molecule has 0 aliphatic heterocycles. The highest BCUT2D eigenvalue weighted by molar-refractivity contribution is 5.69. The molecule has 0 heterocycles. The second kappa shape index (κ2) is 4.37. The number of carbonyl (C=O) groups is 1. The van der Waals surface area contributed by atoms with E-state index in [-0.39, 0.29) is 12.6 Å². The SMILES string of the molecule is [CH2]COC(=O)CCC1CCC1. The molecule has 63 valence electrons. The maximum atomic E-state index is 10.8. The van der Waals surface area contributed by atoms with E-state index in [1.54, 1.807) is 0 Å². The molecule has 0 aromatic rings. The molecular weight excluding hydrogens is 140 g/mol. The zero-order valence-electron chi connectivity index (χ0n) is 6.84. The molecule has 0 amide bonds. The molecule has 1 fully saturated rings. The lowest BCUT2D eigenvalue weighted by Gasteiger charge is -2.24. The Morgan fingerprint density at radius 2 is 2.27 bits per heavy atom. The number of carbonyl (C=O) groups excluding carboxylic acids is 1. The fraction of sp³-hybridized carbons (Fsp3) is 0.778. The number of ether oxygens (including phenoxy) is 1. The minimum atomic E-state index is -0.0908. The summed E-state index contributed by atoms with van der Waals surface area (Å²) in [5.41, 5.74) is 0. The second-order valence-corrected chi connectivity index (χ2v) is 3.06. The van der Waals surface area contributed by atoms with Crippen LogP contribution in [0.2, 0.25) is 0 Å². The standard InChI is InChI=1S/C9H15O2/c1-2-11-9(10)7-6-8-4-3-5-8/h8H,1-7H2. The molecule has 0 bridgehead atoms. The lowest BCUT2D eigenvalue weighted by atomic mass is 9.82. The van der Waals surface area contributed by atoms with E-state index in [1.165, 1.54) is 19.3 Å². The van der Waals surface area contributed by atoms with Crippen molar-refractivity contribution in [2.45, 2.75) is 32.1 Å². The average molecular weight is 155 g/mol. The Morgan fingerprint density at radius 3 is 2.73 bits per heavy atom. The lowest BCUT2D eigenvalue weighted by molar-refractivity contribution is -0.142. The average Bonchev–Trinajstić information content (AvgIpc) is 1.85. The Labute approximate surface area is 67.9 Å². The summed E-state index contributed by atoms with van der Waals surface area (Å²) in [6.07, 6.45) is 5.55. The first-order valence-electron chi connectivity index (χ1n) is 4.28. The highest BCUT2D eigenvalue weighted by Crippen LogP contribution is 2.30. The van der Waals surface area contributed by atoms with Gasteiger partial charge < -0.3 is 4.74 Å². The van der Waals surface area contributed by atoms with E-state index in [0.717, 1.165) is 12.3 Å². The van der Waals surface area contributed by atoms with Crippen molar-refractivity contribution in [1.82, 2.24) is 0 Å². The van der Waals surface area contributed by atoms with Crippen LogP contribution in [-0.4, -0.2) is 12.6 Å². The van der Waals surface area contributed by atoms with Gasteiger partial charge in [0.25, 0.3) is 0 Å². The van der Waals surface area contributed by atoms with Crippen molar-refractivity contribution < 1.29 is 9.53 Å². The normalized spacial score (nSPS) is 17.5. The van der Waals surface area contributed by atoms with Crippen LogP contribution >= 0.6 is 0 Å². The Hall–Kier alpha value is -0.530. The van der Waals surface area contributed by atoms with Crippen LogP contribution in [0.5, 0.6) is 0 Å². The van der Waals surface area contributed by atoms with E-state index in [1.807, 2.05) is 0 Å². The third-order valence-electron chi connectivity index (χ3n) is 2.24. The molecule has 2 nitrogen and oxygen atoms in total. The summed E-state index contributed by atoms with van der Waals surface area (Å²) in [6.45, 7) is 3.71. The summed E-state index contributed by atoms with van der Waals surface area (Å²) in [5, 5.41) is 0. The van der Waals surface area contributed by atoms with Gasteiger partial charge in [0, 0.05) is 6.42 Å². The zero-order chi connectivity index (χ0) is 8.10. The summed E-state index contributed by atoms with van der Waals surface area (Å²) in [4.78, 5) is 10.8. The van der Waals surface area contributed by atoms with Gasteiger partial charge in [-0.3, -0.25) is 4.79 Å². The van der Waals surface area contributed by atoms with E-state index in [0.29, 0.717) is 6.42 Å². The molecule has 0 saturated heterocycles. The van der Waals surface area contributed by atoms with E-state index < -0.39 is 0 Å². The maximum absolute atomic E-state index is 10.8. The van der Waals surface area contributed by atoms with Gasteiger partial charge in [-0.2, -0.15) is 0 Å². The molecule has 1 radical (unpaired) electrons. The van der Waals surface area contributed by atoms with E-state index >= 15 is 0 Å². The molecule has 0 aromatic carbocycles. The van der Waals surface area contributed by atoms with Crippen molar-refractivity contribution in [1.29, 1.82) is 0 Å². The van der Waals surface area contributed by atoms with E-state index in [4.69, 9.17) is 4.74 Å². The minimum Gasteiger partial charge on any atom is -0.466 e. The van der Waals surface area contributed by atoms with Crippen molar-refractivity contribution in [3.8, 4) is 0 Å². The molecule has 0 unspecified atom stereocenters. The molecular formula is C9H15O2. The van der Waals surface area contributed by atoms with Crippen molar-refractivity contribution in [3.05, 3.63) is 6.92 Å². The molecule has 0 spiro atoms. The predicted octanol–water partition coefficient (Wildman–Crippen LogP) is 1.94. The molecule has 0 atom stereocenters. The van der Waals surface area contributed by atoms with Gasteiger partial charge >= 0.3 is 5.97 Å². The Bertz CT molecular complexity index is 128. The van der Waals surface area contributed by atoms with Crippen molar-refractivity contribution >= 4 is 5.97 Å². The van der Waals surface area contributed by atoms with Gasteiger partial charge in [-0.15, -0.1) is 0 Å². The van der Waals surface area contributed by atoms with Crippen LogP contribution < -0.4 is 0 Å². The second-order valence-electron chi connectivity index (χ2n) is 3.06. The number of esters is 1. The molecule has 1 rings (SSSR count). The maximum Gasteiger partial charge on any atom is 0.305 e. The van der Waals surface area contributed by atoms with Crippen LogP contribution in [0.1, 0.15) is 32.1 Å². The zero-order valence-corrected chi connectivity index (χ0v) is 6.84. The fourth-order valence-corrected chi connectivity index (χ4v) is 1.29. The summed E-state index contributed by atoms with van der Waals surface area (Å²) >= 11 is 0. The lowest BCUT2D eigenvalue weighted by Crippen LogP contribution is -2.13. The van der Waals surface area contributed by atoms with Crippen LogP contribution in [-0.2, 0) is 9.53 Å². The minimum absolute atomic E-state index is 0.0908.